The van der Waals surface area contributed by atoms with Gasteiger partial charge in [-0.3, -0.25) is 4.79 Å². The summed E-state index contributed by atoms with van der Waals surface area (Å²) in [5, 5.41) is 3.29. The van der Waals surface area contributed by atoms with Gasteiger partial charge in [-0.15, -0.1) is 0 Å². The lowest BCUT2D eigenvalue weighted by molar-refractivity contribution is -0.132. The van der Waals surface area contributed by atoms with Crippen molar-refractivity contribution in [2.75, 3.05) is 20.1 Å². The smallest absolute Gasteiger partial charge is 0.239 e. The Morgan fingerprint density at radius 2 is 2.14 bits per heavy atom. The topological polar surface area (TPSA) is 32.3 Å². The molecule has 0 radical (unpaired) electrons. The van der Waals surface area contributed by atoms with Crippen LogP contribution in [-0.4, -0.2) is 37.0 Å². The highest BCUT2D eigenvalue weighted by molar-refractivity contribution is 5.82. The van der Waals surface area contributed by atoms with Gasteiger partial charge in [0.25, 0.3) is 0 Å². The number of nitrogens with one attached hydrogen (secondary N) is 1. The minimum Gasteiger partial charge on any atom is -0.344 e. The van der Waals surface area contributed by atoms with Crippen molar-refractivity contribution in [3.8, 4) is 0 Å². The van der Waals surface area contributed by atoms with E-state index in [-0.39, 0.29) is 6.04 Å². The van der Waals surface area contributed by atoms with E-state index in [0.29, 0.717) is 11.8 Å². The van der Waals surface area contributed by atoms with Crippen LogP contribution in [0.25, 0.3) is 0 Å². The monoisotopic (exact) mass is 196 g/mol. The van der Waals surface area contributed by atoms with Gasteiger partial charge in [-0.05, 0) is 37.6 Å². The summed E-state index contributed by atoms with van der Waals surface area (Å²) in [4.78, 5) is 13.9. The van der Waals surface area contributed by atoms with Crippen LogP contribution in [0.2, 0.25) is 0 Å². The Kier molecular flexibility index (Phi) is 2.77. The largest absolute Gasteiger partial charge is 0.344 e. The molecule has 3 nitrogen and oxygen atoms in total. The van der Waals surface area contributed by atoms with E-state index in [1.807, 2.05) is 11.9 Å². The number of carbonyl (C=O) groups is 1. The van der Waals surface area contributed by atoms with Crippen LogP contribution in [0.5, 0.6) is 0 Å². The second-order valence-corrected chi connectivity index (χ2v) is 4.86. The molecule has 1 saturated heterocycles. The average Bonchev–Trinajstić information content (AvgIpc) is 2.86. The van der Waals surface area contributed by atoms with E-state index < -0.39 is 0 Å². The fourth-order valence-corrected chi connectivity index (χ4v) is 2.18. The van der Waals surface area contributed by atoms with E-state index in [1.165, 1.54) is 12.8 Å². The van der Waals surface area contributed by atoms with Gasteiger partial charge in [0.2, 0.25) is 5.91 Å². The van der Waals surface area contributed by atoms with Crippen molar-refractivity contribution < 1.29 is 4.79 Å². The van der Waals surface area contributed by atoms with Crippen molar-refractivity contribution in [1.29, 1.82) is 0 Å². The Hall–Kier alpha value is -0.570. The van der Waals surface area contributed by atoms with Gasteiger partial charge in [0.05, 0.1) is 6.04 Å². The molecule has 2 unspecified atom stereocenters. The summed E-state index contributed by atoms with van der Waals surface area (Å²) in [7, 11) is 1.94. The number of hydrogen-bond donors (Lipinski definition) is 1. The molecule has 2 aliphatic rings. The Bertz CT molecular complexity index is 225. The van der Waals surface area contributed by atoms with Gasteiger partial charge in [0.15, 0.2) is 0 Å². The van der Waals surface area contributed by atoms with Crippen molar-refractivity contribution in [2.24, 2.45) is 11.8 Å². The van der Waals surface area contributed by atoms with Crippen LogP contribution in [-0.2, 0) is 4.79 Å². The van der Waals surface area contributed by atoms with Gasteiger partial charge >= 0.3 is 0 Å². The van der Waals surface area contributed by atoms with E-state index in [4.69, 9.17) is 0 Å². The minimum atomic E-state index is 0.0822. The van der Waals surface area contributed by atoms with E-state index in [9.17, 15) is 4.79 Å². The minimum absolute atomic E-state index is 0.0822. The van der Waals surface area contributed by atoms with E-state index in [1.54, 1.807) is 0 Å². The average molecular weight is 196 g/mol. The second-order valence-electron chi connectivity index (χ2n) is 4.86. The number of rotatable bonds is 3. The van der Waals surface area contributed by atoms with Crippen LogP contribution >= 0.6 is 0 Å². The molecule has 2 atom stereocenters. The molecule has 14 heavy (non-hydrogen) atoms. The fraction of sp³-hybridized carbons (Fsp3) is 0.909. The zero-order valence-electron chi connectivity index (χ0n) is 9.12. The van der Waals surface area contributed by atoms with Crippen molar-refractivity contribution in [2.45, 2.75) is 32.2 Å². The van der Waals surface area contributed by atoms with E-state index >= 15 is 0 Å². The van der Waals surface area contributed by atoms with Crippen LogP contribution in [0.4, 0.5) is 0 Å². The molecule has 1 saturated carbocycles. The highest BCUT2D eigenvalue weighted by Gasteiger charge is 2.33. The highest BCUT2D eigenvalue weighted by Crippen LogP contribution is 2.29. The summed E-state index contributed by atoms with van der Waals surface area (Å²) >= 11 is 0. The molecule has 1 amide bonds. The third kappa shape index (κ3) is 2.08. The highest BCUT2D eigenvalue weighted by atomic mass is 16.2. The molecular weight excluding hydrogens is 176 g/mol. The Morgan fingerprint density at radius 1 is 1.43 bits per heavy atom. The standard InChI is InChI=1S/C11H20N2O/c1-8-5-6-12-10(8)11(14)13(2)7-9-3-4-9/h8-10,12H,3-7H2,1-2H3. The summed E-state index contributed by atoms with van der Waals surface area (Å²) in [6.07, 6.45) is 3.75. The lowest BCUT2D eigenvalue weighted by atomic mass is 10.0. The maximum absolute atomic E-state index is 12.0. The van der Waals surface area contributed by atoms with Crippen LogP contribution in [0, 0.1) is 11.8 Å². The molecule has 3 heteroatoms. The lowest BCUT2D eigenvalue weighted by Crippen LogP contribution is -2.44. The van der Waals surface area contributed by atoms with E-state index in [2.05, 4.69) is 12.2 Å². The van der Waals surface area contributed by atoms with Crippen LogP contribution < -0.4 is 5.32 Å². The first-order valence-electron chi connectivity index (χ1n) is 5.67. The van der Waals surface area contributed by atoms with Crippen molar-refractivity contribution in [3.63, 3.8) is 0 Å². The number of nitrogens with zero attached hydrogens (tertiary/aromatic N) is 1. The lowest BCUT2D eigenvalue weighted by Gasteiger charge is -2.23. The summed E-state index contributed by atoms with van der Waals surface area (Å²) in [5.41, 5.74) is 0. The quantitative estimate of drug-likeness (QED) is 0.726. The molecule has 80 valence electrons. The molecular formula is C11H20N2O. The zero-order chi connectivity index (χ0) is 10.1. The fourth-order valence-electron chi connectivity index (χ4n) is 2.18. The molecule has 1 N–H and O–H groups in total. The maximum atomic E-state index is 12.0. The van der Waals surface area contributed by atoms with Crippen molar-refractivity contribution in [1.82, 2.24) is 10.2 Å². The molecule has 0 bridgehead atoms. The summed E-state index contributed by atoms with van der Waals surface area (Å²) in [6.45, 7) is 4.12. The van der Waals surface area contributed by atoms with Crippen molar-refractivity contribution in [3.05, 3.63) is 0 Å². The molecule has 1 aliphatic heterocycles. The predicted octanol–water partition coefficient (Wildman–Crippen LogP) is 0.853. The Balaban J connectivity index is 1.85. The van der Waals surface area contributed by atoms with Gasteiger partial charge in [-0.25, -0.2) is 0 Å². The third-order valence-electron chi connectivity index (χ3n) is 3.40. The molecule has 1 aliphatic carbocycles. The molecule has 0 aromatic heterocycles. The first kappa shape index (κ1) is 9.97. The number of amides is 1. The van der Waals surface area contributed by atoms with Crippen LogP contribution in [0.15, 0.2) is 0 Å². The van der Waals surface area contributed by atoms with Crippen LogP contribution in [0.3, 0.4) is 0 Å². The SMILES string of the molecule is CC1CCNC1C(=O)N(C)CC1CC1. The molecule has 1 heterocycles. The third-order valence-corrected chi connectivity index (χ3v) is 3.40. The molecule has 2 fully saturated rings. The predicted molar refractivity (Wildman–Crippen MR) is 55.9 cm³/mol. The normalized spacial score (nSPS) is 31.9. The van der Waals surface area contributed by atoms with Gasteiger partial charge in [-0.1, -0.05) is 6.92 Å². The molecule has 0 aromatic rings. The summed E-state index contributed by atoms with van der Waals surface area (Å²) < 4.78 is 0. The first-order chi connectivity index (χ1) is 6.68. The first-order valence-corrected chi connectivity index (χ1v) is 5.67. The molecule has 0 spiro atoms. The number of likely N-dealkylation sites (N-methyl/N-ethyl adjacent to an activating group) is 1. The Labute approximate surface area is 85.8 Å². The van der Waals surface area contributed by atoms with E-state index in [0.717, 1.165) is 25.4 Å². The maximum Gasteiger partial charge on any atom is 0.239 e. The van der Waals surface area contributed by atoms with Gasteiger partial charge in [0, 0.05) is 13.6 Å². The summed E-state index contributed by atoms with van der Waals surface area (Å²) in [5.74, 6) is 1.59. The Morgan fingerprint density at radius 3 is 2.64 bits per heavy atom. The van der Waals surface area contributed by atoms with Gasteiger partial charge in [-0.2, -0.15) is 0 Å². The van der Waals surface area contributed by atoms with Gasteiger partial charge in [0.1, 0.15) is 0 Å². The summed E-state index contributed by atoms with van der Waals surface area (Å²) in [6, 6.07) is 0.0822. The van der Waals surface area contributed by atoms with Crippen LogP contribution in [0.1, 0.15) is 26.2 Å². The van der Waals surface area contributed by atoms with Gasteiger partial charge < -0.3 is 10.2 Å². The number of carbonyl (C=O) groups excluding carboxylic acids is 1. The molecule has 0 aromatic carbocycles. The zero-order valence-corrected chi connectivity index (χ0v) is 9.12. The van der Waals surface area contributed by atoms with Crippen molar-refractivity contribution >= 4 is 5.91 Å². The second kappa shape index (κ2) is 3.89. The number of hydrogen-bond acceptors (Lipinski definition) is 2. The molecule has 2 rings (SSSR count).